The molecular formula is C31H50N4O5. The first-order chi connectivity index (χ1) is 19.4. The number of unbranched alkanes of at least 4 members (excludes halogenated alkanes) is 4. The molecule has 1 saturated carbocycles. The highest BCUT2D eigenvalue weighted by atomic mass is 16.4. The van der Waals surface area contributed by atoms with Crippen molar-refractivity contribution in [3.63, 3.8) is 0 Å². The molecule has 0 heterocycles. The molecule has 0 aliphatic heterocycles. The van der Waals surface area contributed by atoms with Crippen LogP contribution in [0.4, 0.5) is 0 Å². The van der Waals surface area contributed by atoms with Gasteiger partial charge in [0, 0.05) is 31.8 Å². The zero-order valence-electron chi connectivity index (χ0n) is 24.0. The number of amides is 3. The van der Waals surface area contributed by atoms with Crippen molar-refractivity contribution in [1.29, 1.82) is 0 Å². The van der Waals surface area contributed by atoms with Gasteiger partial charge in [-0.25, -0.2) is 4.79 Å². The van der Waals surface area contributed by atoms with Gasteiger partial charge in [0.1, 0.15) is 6.04 Å². The Balaban J connectivity index is 1.46. The Labute approximate surface area is 239 Å². The van der Waals surface area contributed by atoms with E-state index in [0.29, 0.717) is 64.1 Å². The lowest BCUT2D eigenvalue weighted by atomic mass is 9.81. The molecule has 40 heavy (non-hydrogen) atoms. The van der Waals surface area contributed by atoms with Gasteiger partial charge in [-0.05, 0) is 95.1 Å². The molecule has 0 saturated heterocycles. The molecule has 0 radical (unpaired) electrons. The minimum absolute atomic E-state index is 0.0198. The first-order valence-electron chi connectivity index (χ1n) is 15.2. The van der Waals surface area contributed by atoms with Crippen LogP contribution in [0.3, 0.4) is 0 Å². The highest BCUT2D eigenvalue weighted by Crippen LogP contribution is 2.28. The first-order valence-corrected chi connectivity index (χ1v) is 15.2. The zero-order chi connectivity index (χ0) is 29.0. The Bertz CT molecular complexity index is 887. The highest BCUT2D eigenvalue weighted by molar-refractivity contribution is 5.85. The number of carbonyl (C=O) groups excluding carboxylic acids is 3. The molecule has 1 atom stereocenters. The van der Waals surface area contributed by atoms with E-state index in [1.54, 1.807) is 0 Å². The van der Waals surface area contributed by atoms with Gasteiger partial charge in [-0.1, -0.05) is 36.8 Å². The van der Waals surface area contributed by atoms with Crippen LogP contribution in [-0.4, -0.2) is 54.5 Å². The number of nitrogens with one attached hydrogen (secondary N) is 3. The monoisotopic (exact) mass is 558 g/mol. The summed E-state index contributed by atoms with van der Waals surface area (Å²) in [5, 5.41) is 18.0. The van der Waals surface area contributed by atoms with Crippen molar-refractivity contribution in [2.75, 3.05) is 19.6 Å². The van der Waals surface area contributed by atoms with Crippen LogP contribution in [0.15, 0.2) is 30.3 Å². The molecule has 9 heteroatoms. The molecule has 0 spiro atoms. The van der Waals surface area contributed by atoms with E-state index in [2.05, 4.69) is 40.2 Å². The first kappa shape index (κ1) is 33.3. The van der Waals surface area contributed by atoms with Crippen molar-refractivity contribution in [3.8, 4) is 0 Å². The normalized spacial score (nSPS) is 17.5. The largest absolute Gasteiger partial charge is 0.480 e. The Hall–Kier alpha value is -2.94. The Kier molecular flexibility index (Phi) is 16.6. The number of carbonyl (C=O) groups is 4. The van der Waals surface area contributed by atoms with Gasteiger partial charge in [0.25, 0.3) is 0 Å². The van der Waals surface area contributed by atoms with Crippen molar-refractivity contribution >= 4 is 23.7 Å². The third kappa shape index (κ3) is 14.4. The fourth-order valence-corrected chi connectivity index (χ4v) is 5.18. The molecule has 224 valence electrons. The minimum atomic E-state index is -1.01. The molecular weight excluding hydrogens is 508 g/mol. The van der Waals surface area contributed by atoms with Crippen LogP contribution in [0.25, 0.3) is 0 Å². The summed E-state index contributed by atoms with van der Waals surface area (Å²) in [6.07, 6.45) is 11.4. The molecule has 1 aliphatic carbocycles. The van der Waals surface area contributed by atoms with Crippen LogP contribution in [0.5, 0.6) is 0 Å². The van der Waals surface area contributed by atoms with Crippen molar-refractivity contribution in [2.45, 2.75) is 102 Å². The van der Waals surface area contributed by atoms with E-state index in [9.17, 15) is 24.3 Å². The van der Waals surface area contributed by atoms with Gasteiger partial charge in [-0.2, -0.15) is 0 Å². The third-order valence-corrected chi connectivity index (χ3v) is 7.73. The summed E-state index contributed by atoms with van der Waals surface area (Å²) >= 11 is 0. The molecule has 1 aromatic carbocycles. The van der Waals surface area contributed by atoms with Crippen molar-refractivity contribution in [1.82, 2.24) is 16.0 Å². The summed E-state index contributed by atoms with van der Waals surface area (Å²) in [4.78, 5) is 48.2. The summed E-state index contributed by atoms with van der Waals surface area (Å²) in [7, 11) is 0. The van der Waals surface area contributed by atoms with Gasteiger partial charge >= 0.3 is 5.97 Å². The lowest BCUT2D eigenvalue weighted by Crippen LogP contribution is -2.44. The summed E-state index contributed by atoms with van der Waals surface area (Å²) in [6, 6.07) is 9.53. The Morgan fingerprint density at radius 1 is 0.825 bits per heavy atom. The molecule has 1 fully saturated rings. The number of aliphatic carboxylic acids is 1. The van der Waals surface area contributed by atoms with E-state index in [4.69, 9.17) is 5.73 Å². The van der Waals surface area contributed by atoms with Gasteiger partial charge in [0.2, 0.25) is 17.7 Å². The van der Waals surface area contributed by atoms with Crippen LogP contribution in [0.2, 0.25) is 0 Å². The number of benzene rings is 1. The zero-order valence-corrected chi connectivity index (χ0v) is 24.0. The maximum atomic E-state index is 12.6. The van der Waals surface area contributed by atoms with E-state index in [1.807, 2.05) is 6.07 Å². The maximum Gasteiger partial charge on any atom is 0.326 e. The number of carboxylic acid groups (broad SMARTS) is 1. The fourth-order valence-electron chi connectivity index (χ4n) is 5.18. The molecule has 3 amide bonds. The van der Waals surface area contributed by atoms with E-state index in [1.165, 1.54) is 5.56 Å². The van der Waals surface area contributed by atoms with E-state index in [-0.39, 0.29) is 23.6 Å². The topological polar surface area (TPSA) is 151 Å². The van der Waals surface area contributed by atoms with Crippen molar-refractivity contribution in [3.05, 3.63) is 35.9 Å². The van der Waals surface area contributed by atoms with E-state index in [0.717, 1.165) is 57.8 Å². The van der Waals surface area contributed by atoms with Gasteiger partial charge in [-0.3, -0.25) is 14.4 Å². The number of nitrogens with two attached hydrogens (primary N) is 1. The fraction of sp³-hybridized carbons (Fsp3) is 0.677. The average molecular weight is 559 g/mol. The number of hydrogen-bond donors (Lipinski definition) is 5. The van der Waals surface area contributed by atoms with Crippen molar-refractivity contribution < 1.29 is 24.3 Å². The lowest BCUT2D eigenvalue weighted by molar-refractivity contribution is -0.143. The molecule has 1 aliphatic rings. The predicted molar refractivity (Wildman–Crippen MR) is 156 cm³/mol. The highest BCUT2D eigenvalue weighted by Gasteiger charge is 2.29. The number of aryl methyl sites for hydroxylation is 1. The van der Waals surface area contributed by atoms with Crippen LogP contribution >= 0.6 is 0 Å². The Morgan fingerprint density at radius 3 is 2.17 bits per heavy atom. The second-order valence-electron chi connectivity index (χ2n) is 11.1. The van der Waals surface area contributed by atoms with Gasteiger partial charge in [0.05, 0.1) is 0 Å². The quantitative estimate of drug-likeness (QED) is 0.154. The third-order valence-electron chi connectivity index (χ3n) is 7.73. The molecule has 0 unspecified atom stereocenters. The van der Waals surface area contributed by atoms with Gasteiger partial charge < -0.3 is 26.8 Å². The summed E-state index contributed by atoms with van der Waals surface area (Å²) in [5.74, 6) is -0.926. The molecule has 2 rings (SSSR count). The standard InChI is InChI=1S/C31H50N4O5/c32-21-9-7-14-27(31(39)40)35-30(38)26-19-17-25(18-20-26)23-34-29(37)16-8-10-22-33-28(36)15-6-2-5-13-24-11-3-1-4-12-24/h1,3-4,11-12,25-27H,2,5-10,13-23,32H2,(H,33,36)(H,34,37)(H,35,38)(H,39,40)/t25?,26?,27-/m0/s1. The summed E-state index contributed by atoms with van der Waals surface area (Å²) in [6.45, 7) is 1.71. The minimum Gasteiger partial charge on any atom is -0.480 e. The molecule has 6 N–H and O–H groups in total. The van der Waals surface area contributed by atoms with Gasteiger partial charge in [-0.15, -0.1) is 0 Å². The van der Waals surface area contributed by atoms with E-state index < -0.39 is 12.0 Å². The number of carboxylic acids is 1. The average Bonchev–Trinajstić information content (AvgIpc) is 2.96. The molecule has 0 aromatic heterocycles. The number of hydrogen-bond acceptors (Lipinski definition) is 5. The lowest BCUT2D eigenvalue weighted by Gasteiger charge is -2.28. The smallest absolute Gasteiger partial charge is 0.326 e. The second kappa shape index (κ2) is 20.0. The van der Waals surface area contributed by atoms with E-state index >= 15 is 0 Å². The number of rotatable bonds is 20. The van der Waals surface area contributed by atoms with Crippen LogP contribution < -0.4 is 21.7 Å². The summed E-state index contributed by atoms with van der Waals surface area (Å²) < 4.78 is 0. The van der Waals surface area contributed by atoms with Gasteiger partial charge in [0.15, 0.2) is 0 Å². The van der Waals surface area contributed by atoms with Crippen molar-refractivity contribution in [2.24, 2.45) is 17.6 Å². The predicted octanol–water partition coefficient (Wildman–Crippen LogP) is 3.70. The van der Waals surface area contributed by atoms with Crippen LogP contribution in [-0.2, 0) is 25.6 Å². The van der Waals surface area contributed by atoms with Crippen LogP contribution in [0.1, 0.15) is 95.5 Å². The SMILES string of the molecule is NCCCC[C@H](NC(=O)C1CCC(CNC(=O)CCCCNC(=O)CCCCCc2ccccc2)CC1)C(=O)O. The molecule has 9 nitrogen and oxygen atoms in total. The Morgan fingerprint density at radius 2 is 1.50 bits per heavy atom. The summed E-state index contributed by atoms with van der Waals surface area (Å²) in [5.41, 5.74) is 6.81. The maximum absolute atomic E-state index is 12.6. The second-order valence-corrected chi connectivity index (χ2v) is 11.1. The van der Waals surface area contributed by atoms with Crippen LogP contribution in [0, 0.1) is 11.8 Å². The molecule has 1 aromatic rings. The molecule has 0 bridgehead atoms.